The Kier molecular flexibility index (Phi) is 2.97. The van der Waals surface area contributed by atoms with E-state index < -0.39 is 12.4 Å². The Balaban J connectivity index is 3.14. The van der Waals surface area contributed by atoms with Crippen LogP contribution in [-0.4, -0.2) is 30.2 Å². The van der Waals surface area contributed by atoms with Crippen molar-refractivity contribution in [2.45, 2.75) is 59.5 Å². The molecule has 1 N–H and O–H groups in total. The molecule has 0 bridgehead atoms. The maximum atomic E-state index is 10.2. The first-order chi connectivity index (χ1) is 6.58. The van der Waals surface area contributed by atoms with Gasteiger partial charge in [0.2, 0.25) is 0 Å². The molecule has 0 aromatic rings. The summed E-state index contributed by atoms with van der Waals surface area (Å²) in [6.45, 7) is 12.5. The Hall–Kier alpha value is -0.120. The van der Waals surface area contributed by atoms with Crippen LogP contribution in [0.25, 0.3) is 0 Å². The van der Waals surface area contributed by atoms with Crippen molar-refractivity contribution in [1.29, 1.82) is 0 Å². The largest absolute Gasteiger partial charge is 0.387 e. The van der Waals surface area contributed by atoms with Gasteiger partial charge in [-0.1, -0.05) is 27.7 Å². The molecule has 0 aromatic carbocycles. The summed E-state index contributed by atoms with van der Waals surface area (Å²) in [5.41, 5.74) is -0.708. The van der Waals surface area contributed by atoms with Gasteiger partial charge in [-0.05, 0) is 13.8 Å². The second-order valence-corrected chi connectivity index (χ2v) is 6.02. The van der Waals surface area contributed by atoms with Crippen molar-refractivity contribution in [3.8, 4) is 0 Å². The fourth-order valence-corrected chi connectivity index (χ4v) is 2.16. The highest BCUT2D eigenvalue weighted by molar-refractivity contribution is 5.05. The fraction of sp³-hybridized carbons (Fsp3) is 1.00. The fourth-order valence-electron chi connectivity index (χ4n) is 2.16. The third-order valence-electron chi connectivity index (χ3n) is 4.76. The zero-order valence-corrected chi connectivity index (χ0v) is 10.9. The van der Waals surface area contributed by atoms with Crippen molar-refractivity contribution in [3.05, 3.63) is 0 Å². The van der Waals surface area contributed by atoms with Gasteiger partial charge in [0, 0.05) is 17.9 Å². The number of methoxy groups -OCH3 is 1. The SMILES string of the molecule is CO[C@H]1OC(C)(C)C(C)(C)C(C)(C)C1O. The van der Waals surface area contributed by atoms with Gasteiger partial charge in [-0.2, -0.15) is 0 Å². The predicted octanol–water partition coefficient (Wildman–Crippen LogP) is 2.18. The molecule has 1 saturated heterocycles. The van der Waals surface area contributed by atoms with Crippen LogP contribution in [-0.2, 0) is 9.47 Å². The van der Waals surface area contributed by atoms with Crippen molar-refractivity contribution in [1.82, 2.24) is 0 Å². The average Bonchev–Trinajstić information content (AvgIpc) is 2.10. The van der Waals surface area contributed by atoms with Gasteiger partial charge in [0.25, 0.3) is 0 Å². The lowest BCUT2D eigenvalue weighted by atomic mass is 9.56. The summed E-state index contributed by atoms with van der Waals surface area (Å²) in [5, 5.41) is 10.2. The molecule has 3 nitrogen and oxygen atoms in total. The summed E-state index contributed by atoms with van der Waals surface area (Å²) in [7, 11) is 1.57. The summed E-state index contributed by atoms with van der Waals surface area (Å²) < 4.78 is 11.0. The third kappa shape index (κ3) is 1.61. The van der Waals surface area contributed by atoms with Crippen LogP contribution in [0.15, 0.2) is 0 Å². The van der Waals surface area contributed by atoms with Gasteiger partial charge in [-0.15, -0.1) is 0 Å². The van der Waals surface area contributed by atoms with E-state index >= 15 is 0 Å². The topological polar surface area (TPSA) is 38.7 Å². The zero-order valence-electron chi connectivity index (χ0n) is 10.9. The Morgan fingerprint density at radius 3 is 1.93 bits per heavy atom. The molecule has 2 atom stereocenters. The van der Waals surface area contributed by atoms with E-state index in [0.717, 1.165) is 0 Å². The van der Waals surface area contributed by atoms with E-state index in [0.29, 0.717) is 0 Å². The molecule has 15 heavy (non-hydrogen) atoms. The molecule has 0 spiro atoms. The number of hydrogen-bond acceptors (Lipinski definition) is 3. The minimum atomic E-state index is -0.606. The number of aliphatic hydroxyl groups excluding tert-OH is 1. The molecule has 1 heterocycles. The van der Waals surface area contributed by atoms with Crippen LogP contribution in [0.2, 0.25) is 0 Å². The molecule has 0 aromatic heterocycles. The average molecular weight is 216 g/mol. The van der Waals surface area contributed by atoms with Crippen LogP contribution in [0.4, 0.5) is 0 Å². The van der Waals surface area contributed by atoms with Crippen LogP contribution in [0.5, 0.6) is 0 Å². The molecule has 1 rings (SSSR count). The van der Waals surface area contributed by atoms with Gasteiger partial charge in [-0.25, -0.2) is 0 Å². The molecule has 0 radical (unpaired) electrons. The summed E-state index contributed by atoms with van der Waals surface area (Å²) >= 11 is 0. The molecule has 90 valence electrons. The van der Waals surface area contributed by atoms with Crippen LogP contribution >= 0.6 is 0 Å². The van der Waals surface area contributed by atoms with Crippen molar-refractivity contribution >= 4 is 0 Å². The van der Waals surface area contributed by atoms with E-state index in [2.05, 4.69) is 27.7 Å². The van der Waals surface area contributed by atoms with Crippen molar-refractivity contribution < 1.29 is 14.6 Å². The second kappa shape index (κ2) is 3.44. The molecule has 3 heteroatoms. The molecule has 1 unspecified atom stereocenters. The zero-order chi connectivity index (χ0) is 12.1. The predicted molar refractivity (Wildman–Crippen MR) is 59.5 cm³/mol. The molecule has 0 saturated carbocycles. The van der Waals surface area contributed by atoms with Crippen molar-refractivity contribution in [2.24, 2.45) is 10.8 Å². The highest BCUT2D eigenvalue weighted by Crippen LogP contribution is 2.55. The van der Waals surface area contributed by atoms with Gasteiger partial charge in [0.05, 0.1) is 5.60 Å². The molecule has 1 aliphatic rings. The van der Waals surface area contributed by atoms with Gasteiger partial charge in [-0.3, -0.25) is 0 Å². The lowest BCUT2D eigenvalue weighted by Crippen LogP contribution is -2.65. The molecule has 0 aliphatic carbocycles. The third-order valence-corrected chi connectivity index (χ3v) is 4.76. The highest BCUT2D eigenvalue weighted by Gasteiger charge is 2.59. The van der Waals surface area contributed by atoms with E-state index in [1.165, 1.54) is 0 Å². The van der Waals surface area contributed by atoms with Crippen LogP contribution < -0.4 is 0 Å². The standard InChI is InChI=1S/C12H24O3/c1-10(2)8(13)9(14-7)15-12(5,6)11(10,3)4/h8-9,13H,1-7H3/t8?,9-/m0/s1. The molecule has 0 amide bonds. The van der Waals surface area contributed by atoms with Crippen molar-refractivity contribution in [3.63, 3.8) is 0 Å². The maximum absolute atomic E-state index is 10.2. The van der Waals surface area contributed by atoms with E-state index in [1.807, 2.05) is 13.8 Å². The van der Waals surface area contributed by atoms with E-state index in [4.69, 9.17) is 9.47 Å². The second-order valence-electron chi connectivity index (χ2n) is 6.02. The Morgan fingerprint density at radius 2 is 1.53 bits per heavy atom. The van der Waals surface area contributed by atoms with Crippen LogP contribution in [0, 0.1) is 10.8 Å². The summed E-state index contributed by atoms with van der Waals surface area (Å²) in [6.07, 6.45) is -1.14. The number of ether oxygens (including phenoxy) is 2. The van der Waals surface area contributed by atoms with E-state index in [-0.39, 0.29) is 16.4 Å². The Bertz CT molecular complexity index is 243. The smallest absolute Gasteiger partial charge is 0.184 e. The van der Waals surface area contributed by atoms with E-state index in [9.17, 15) is 5.11 Å². The van der Waals surface area contributed by atoms with Gasteiger partial charge in [0.1, 0.15) is 6.10 Å². The lowest BCUT2D eigenvalue weighted by molar-refractivity contribution is -0.337. The molecule has 1 fully saturated rings. The van der Waals surface area contributed by atoms with Crippen molar-refractivity contribution in [2.75, 3.05) is 7.11 Å². The normalized spacial score (nSPS) is 37.6. The summed E-state index contributed by atoms with van der Waals surface area (Å²) in [6, 6.07) is 0. The maximum Gasteiger partial charge on any atom is 0.184 e. The quantitative estimate of drug-likeness (QED) is 0.730. The first kappa shape index (κ1) is 12.9. The summed E-state index contributed by atoms with van der Waals surface area (Å²) in [4.78, 5) is 0. The monoisotopic (exact) mass is 216 g/mol. The first-order valence-corrected chi connectivity index (χ1v) is 5.46. The number of aliphatic hydroxyl groups is 1. The van der Waals surface area contributed by atoms with Crippen LogP contribution in [0.1, 0.15) is 41.5 Å². The molecular formula is C12H24O3. The van der Waals surface area contributed by atoms with Crippen LogP contribution in [0.3, 0.4) is 0 Å². The lowest BCUT2D eigenvalue weighted by Gasteiger charge is -2.59. The minimum Gasteiger partial charge on any atom is -0.387 e. The first-order valence-electron chi connectivity index (χ1n) is 5.46. The Labute approximate surface area is 92.8 Å². The number of hydrogen-bond donors (Lipinski definition) is 1. The molecular weight excluding hydrogens is 192 g/mol. The number of rotatable bonds is 1. The minimum absolute atomic E-state index is 0.131. The highest BCUT2D eigenvalue weighted by atomic mass is 16.7. The molecule has 1 aliphatic heterocycles. The Morgan fingerprint density at radius 1 is 1.07 bits per heavy atom. The van der Waals surface area contributed by atoms with Gasteiger partial charge < -0.3 is 14.6 Å². The van der Waals surface area contributed by atoms with Gasteiger partial charge >= 0.3 is 0 Å². The summed E-state index contributed by atoms with van der Waals surface area (Å²) in [5.74, 6) is 0. The van der Waals surface area contributed by atoms with Gasteiger partial charge in [0.15, 0.2) is 6.29 Å². The van der Waals surface area contributed by atoms with E-state index in [1.54, 1.807) is 7.11 Å².